The Morgan fingerprint density at radius 1 is 1.40 bits per heavy atom. The van der Waals surface area contributed by atoms with Crippen LogP contribution < -0.4 is 10.9 Å². The lowest BCUT2D eigenvalue weighted by molar-refractivity contribution is 0.0944. The van der Waals surface area contributed by atoms with Gasteiger partial charge in [-0.2, -0.15) is 5.10 Å². The van der Waals surface area contributed by atoms with Gasteiger partial charge in [-0.15, -0.1) is 0 Å². The molecule has 2 N–H and O–H groups in total. The van der Waals surface area contributed by atoms with Crippen LogP contribution in [0.2, 0.25) is 0 Å². The summed E-state index contributed by atoms with van der Waals surface area (Å²) < 4.78 is 1.57. The number of carbonyl (C=O) groups is 1. The third kappa shape index (κ3) is 3.31. The van der Waals surface area contributed by atoms with Crippen LogP contribution in [0, 0.1) is 0 Å². The molecule has 0 saturated heterocycles. The number of hydrogen-bond donors (Lipinski definition) is 2. The Bertz CT molecular complexity index is 659. The molecule has 0 atom stereocenters. The molecule has 0 spiro atoms. The molecule has 2 aromatic heterocycles. The van der Waals surface area contributed by atoms with Crippen molar-refractivity contribution in [1.82, 2.24) is 25.1 Å². The first-order chi connectivity index (χ1) is 9.60. The fraction of sp³-hybridized carbons (Fsp3) is 0.385. The van der Waals surface area contributed by atoms with E-state index in [1.807, 2.05) is 6.92 Å². The molecule has 7 heteroatoms. The number of aromatic amines is 1. The third-order valence-electron chi connectivity index (χ3n) is 2.93. The molecule has 0 bridgehead atoms. The monoisotopic (exact) mass is 275 g/mol. The smallest absolute Gasteiger partial charge is 0.269 e. The van der Waals surface area contributed by atoms with Gasteiger partial charge in [0.25, 0.3) is 11.5 Å². The topological polar surface area (TPSA) is 92.7 Å². The normalized spacial score (nSPS) is 10.5. The number of carbonyl (C=O) groups excluding carboxylic acids is 1. The first kappa shape index (κ1) is 14.0. The Kier molecular flexibility index (Phi) is 4.29. The summed E-state index contributed by atoms with van der Waals surface area (Å²) in [6.07, 6.45) is 2.65. The molecule has 0 saturated carbocycles. The van der Waals surface area contributed by atoms with Crippen LogP contribution in [-0.4, -0.2) is 32.2 Å². The molecule has 0 aliphatic heterocycles. The minimum Gasteiger partial charge on any atom is -0.350 e. The zero-order chi connectivity index (χ0) is 14.5. The Morgan fingerprint density at radius 2 is 2.20 bits per heavy atom. The first-order valence-electron chi connectivity index (χ1n) is 6.45. The van der Waals surface area contributed by atoms with Crippen molar-refractivity contribution in [3.63, 3.8) is 0 Å². The van der Waals surface area contributed by atoms with Crippen molar-refractivity contribution < 1.29 is 4.79 Å². The summed E-state index contributed by atoms with van der Waals surface area (Å²) in [5.41, 5.74) is 1.86. The number of amides is 1. The Morgan fingerprint density at radius 3 is 2.85 bits per heavy atom. The van der Waals surface area contributed by atoms with E-state index in [-0.39, 0.29) is 11.5 Å². The highest BCUT2D eigenvalue weighted by Gasteiger charge is 2.11. The van der Waals surface area contributed by atoms with Gasteiger partial charge in [-0.3, -0.25) is 14.3 Å². The second-order valence-electron chi connectivity index (χ2n) is 4.41. The summed E-state index contributed by atoms with van der Waals surface area (Å²) in [6.45, 7) is 2.41. The van der Waals surface area contributed by atoms with Crippen LogP contribution in [0.15, 0.2) is 23.3 Å². The van der Waals surface area contributed by atoms with E-state index in [1.54, 1.807) is 17.8 Å². The SMILES string of the molecule is CCc1cc(C(=O)NCCc2cc(=O)[nH]cn2)n(C)n1. The number of aromatic nitrogens is 4. The van der Waals surface area contributed by atoms with Gasteiger partial charge in [-0.1, -0.05) is 6.92 Å². The number of nitrogens with zero attached hydrogens (tertiary/aromatic N) is 3. The van der Waals surface area contributed by atoms with Crippen LogP contribution in [0.25, 0.3) is 0 Å². The van der Waals surface area contributed by atoms with E-state index in [1.165, 1.54) is 12.4 Å². The maximum absolute atomic E-state index is 12.0. The summed E-state index contributed by atoms with van der Waals surface area (Å²) >= 11 is 0. The fourth-order valence-corrected chi connectivity index (χ4v) is 1.85. The molecule has 0 unspecified atom stereocenters. The maximum atomic E-state index is 12.0. The summed E-state index contributed by atoms with van der Waals surface area (Å²) in [7, 11) is 1.74. The highest BCUT2D eigenvalue weighted by Crippen LogP contribution is 2.03. The van der Waals surface area contributed by atoms with Gasteiger partial charge in [0.15, 0.2) is 0 Å². The minimum absolute atomic E-state index is 0.176. The van der Waals surface area contributed by atoms with Gasteiger partial charge in [-0.25, -0.2) is 4.98 Å². The average molecular weight is 275 g/mol. The zero-order valence-electron chi connectivity index (χ0n) is 11.5. The lowest BCUT2D eigenvalue weighted by Crippen LogP contribution is -2.28. The largest absolute Gasteiger partial charge is 0.350 e. The highest BCUT2D eigenvalue weighted by atomic mass is 16.2. The molecule has 0 aromatic carbocycles. The predicted octanol–water partition coefficient (Wildman–Crippen LogP) is 0.0383. The van der Waals surface area contributed by atoms with Gasteiger partial charge in [0.05, 0.1) is 12.0 Å². The maximum Gasteiger partial charge on any atom is 0.269 e. The molecule has 20 heavy (non-hydrogen) atoms. The van der Waals surface area contributed by atoms with Crippen molar-refractivity contribution in [2.75, 3.05) is 6.54 Å². The van der Waals surface area contributed by atoms with Gasteiger partial charge < -0.3 is 10.3 Å². The van der Waals surface area contributed by atoms with E-state index in [2.05, 4.69) is 20.4 Å². The van der Waals surface area contributed by atoms with Crippen LogP contribution in [-0.2, 0) is 19.9 Å². The molecule has 2 heterocycles. The van der Waals surface area contributed by atoms with Crippen LogP contribution in [0.1, 0.15) is 28.8 Å². The summed E-state index contributed by atoms with van der Waals surface area (Å²) in [4.78, 5) is 29.6. The van der Waals surface area contributed by atoms with Crippen molar-refractivity contribution in [1.29, 1.82) is 0 Å². The van der Waals surface area contributed by atoms with Crippen molar-refractivity contribution in [3.05, 3.63) is 45.9 Å². The van der Waals surface area contributed by atoms with Crippen molar-refractivity contribution in [2.24, 2.45) is 7.05 Å². The number of rotatable bonds is 5. The lowest BCUT2D eigenvalue weighted by atomic mass is 10.2. The van der Waals surface area contributed by atoms with Gasteiger partial charge in [0, 0.05) is 31.8 Å². The number of aryl methyl sites for hydroxylation is 2. The van der Waals surface area contributed by atoms with Crippen LogP contribution in [0.3, 0.4) is 0 Å². The van der Waals surface area contributed by atoms with E-state index < -0.39 is 0 Å². The molecular formula is C13H17N5O2. The third-order valence-corrected chi connectivity index (χ3v) is 2.93. The Balaban J connectivity index is 1.92. The van der Waals surface area contributed by atoms with E-state index in [9.17, 15) is 9.59 Å². The second kappa shape index (κ2) is 6.14. The number of nitrogens with one attached hydrogen (secondary N) is 2. The standard InChI is InChI=1S/C13H17N5O2/c1-3-9-6-11(18(2)17-9)13(20)14-5-4-10-7-12(19)16-8-15-10/h6-8H,3-5H2,1-2H3,(H,14,20)(H,15,16,19). The average Bonchev–Trinajstić information content (AvgIpc) is 2.80. The summed E-state index contributed by atoms with van der Waals surface area (Å²) in [5, 5.41) is 7.02. The molecule has 1 amide bonds. The minimum atomic E-state index is -0.194. The van der Waals surface area contributed by atoms with E-state index in [0.717, 1.165) is 12.1 Å². The summed E-state index contributed by atoms with van der Waals surface area (Å²) in [5.74, 6) is -0.176. The molecular weight excluding hydrogens is 258 g/mol. The van der Waals surface area contributed by atoms with Crippen LogP contribution in [0.5, 0.6) is 0 Å². The molecule has 7 nitrogen and oxygen atoms in total. The number of hydrogen-bond acceptors (Lipinski definition) is 4. The lowest BCUT2D eigenvalue weighted by Gasteiger charge is -2.04. The van der Waals surface area contributed by atoms with Gasteiger partial charge >= 0.3 is 0 Å². The number of H-pyrrole nitrogens is 1. The van der Waals surface area contributed by atoms with E-state index in [0.29, 0.717) is 24.4 Å². The van der Waals surface area contributed by atoms with Crippen molar-refractivity contribution in [2.45, 2.75) is 19.8 Å². The predicted molar refractivity (Wildman–Crippen MR) is 73.5 cm³/mol. The molecule has 106 valence electrons. The summed E-state index contributed by atoms with van der Waals surface area (Å²) in [6, 6.07) is 3.20. The molecule has 0 radical (unpaired) electrons. The van der Waals surface area contributed by atoms with Crippen molar-refractivity contribution in [3.8, 4) is 0 Å². The first-order valence-corrected chi connectivity index (χ1v) is 6.45. The van der Waals surface area contributed by atoms with E-state index in [4.69, 9.17) is 0 Å². The molecule has 2 rings (SSSR count). The van der Waals surface area contributed by atoms with E-state index >= 15 is 0 Å². The molecule has 0 fully saturated rings. The van der Waals surface area contributed by atoms with Gasteiger partial charge in [0.1, 0.15) is 5.69 Å². The Labute approximate surface area is 116 Å². The van der Waals surface area contributed by atoms with Crippen molar-refractivity contribution >= 4 is 5.91 Å². The molecule has 0 aliphatic carbocycles. The van der Waals surface area contributed by atoms with Gasteiger partial charge in [-0.05, 0) is 12.5 Å². The highest BCUT2D eigenvalue weighted by molar-refractivity contribution is 5.92. The van der Waals surface area contributed by atoms with Gasteiger partial charge in [0.2, 0.25) is 0 Å². The quantitative estimate of drug-likeness (QED) is 0.805. The second-order valence-corrected chi connectivity index (χ2v) is 4.41. The van der Waals surface area contributed by atoms with Crippen LogP contribution >= 0.6 is 0 Å². The zero-order valence-corrected chi connectivity index (χ0v) is 11.5. The Hall–Kier alpha value is -2.44. The van der Waals surface area contributed by atoms with Crippen LogP contribution in [0.4, 0.5) is 0 Å². The fourth-order valence-electron chi connectivity index (χ4n) is 1.85. The molecule has 2 aromatic rings. The molecule has 0 aliphatic rings.